The molecule has 1 aromatic heterocycles. The number of para-hydroxylation sites is 1. The molecule has 3 rings (SSSR count). The van der Waals surface area contributed by atoms with Crippen LogP contribution in [0.4, 0.5) is 23.1 Å². The van der Waals surface area contributed by atoms with Gasteiger partial charge in [0.05, 0.1) is 0 Å². The van der Waals surface area contributed by atoms with E-state index in [2.05, 4.69) is 39.2 Å². The molecule has 0 radical (unpaired) electrons. The van der Waals surface area contributed by atoms with Crippen molar-refractivity contribution in [2.75, 3.05) is 16.8 Å². The molecule has 0 aliphatic rings. The molecule has 1 N–H and O–H groups in total. The molecule has 3 aromatic rings. The minimum Gasteiger partial charge on any atom is -0.327 e. The number of nitrogens with zero attached hydrogens (tertiary/aromatic N) is 3. The molecule has 0 saturated carbocycles. The first kappa shape index (κ1) is 16.3. The highest BCUT2D eigenvalue weighted by Gasteiger charge is 2.10. The van der Waals surface area contributed by atoms with Crippen LogP contribution in [0.1, 0.15) is 12.5 Å². The van der Waals surface area contributed by atoms with Crippen LogP contribution in [0.5, 0.6) is 0 Å². The lowest BCUT2D eigenvalue weighted by Gasteiger charge is -2.22. The fourth-order valence-corrected chi connectivity index (χ4v) is 2.76. The van der Waals surface area contributed by atoms with Crippen LogP contribution in [0.25, 0.3) is 0 Å². The molecule has 5 heteroatoms. The van der Waals surface area contributed by atoms with Crippen molar-refractivity contribution in [3.05, 3.63) is 71.4 Å². The topological polar surface area (TPSA) is 41.1 Å². The SMILES string of the molecule is CCN(c1ccccc1)c1ccnc(Nc2ccc(Cl)cc2C)n1. The first-order valence-electron chi connectivity index (χ1n) is 7.86. The summed E-state index contributed by atoms with van der Waals surface area (Å²) in [5.74, 6) is 1.42. The molecule has 0 fully saturated rings. The Kier molecular flexibility index (Phi) is 4.96. The average molecular weight is 339 g/mol. The number of halogens is 1. The highest BCUT2D eigenvalue weighted by Crippen LogP contribution is 2.25. The van der Waals surface area contributed by atoms with E-state index in [4.69, 9.17) is 11.6 Å². The van der Waals surface area contributed by atoms with Gasteiger partial charge in [0.15, 0.2) is 0 Å². The zero-order valence-electron chi connectivity index (χ0n) is 13.7. The van der Waals surface area contributed by atoms with Crippen LogP contribution < -0.4 is 10.2 Å². The van der Waals surface area contributed by atoms with E-state index in [1.807, 2.05) is 49.4 Å². The monoisotopic (exact) mass is 338 g/mol. The van der Waals surface area contributed by atoms with Gasteiger partial charge in [0, 0.05) is 29.1 Å². The lowest BCUT2D eigenvalue weighted by molar-refractivity contribution is 0.978. The van der Waals surface area contributed by atoms with Crippen LogP contribution in [0.15, 0.2) is 60.8 Å². The third kappa shape index (κ3) is 3.66. The molecule has 122 valence electrons. The predicted molar refractivity (Wildman–Crippen MR) is 101 cm³/mol. The van der Waals surface area contributed by atoms with E-state index >= 15 is 0 Å². The van der Waals surface area contributed by atoms with Gasteiger partial charge in [-0.05, 0) is 55.8 Å². The number of aromatic nitrogens is 2. The Morgan fingerprint density at radius 1 is 1.08 bits per heavy atom. The average Bonchev–Trinajstić information content (AvgIpc) is 2.60. The van der Waals surface area contributed by atoms with Crippen LogP contribution in [-0.4, -0.2) is 16.5 Å². The minimum absolute atomic E-state index is 0.562. The number of benzene rings is 2. The Bertz CT molecular complexity index is 821. The predicted octanol–water partition coefficient (Wildman–Crippen LogP) is 5.34. The second-order valence-electron chi connectivity index (χ2n) is 5.40. The largest absolute Gasteiger partial charge is 0.327 e. The number of hydrogen-bond acceptors (Lipinski definition) is 4. The summed E-state index contributed by atoms with van der Waals surface area (Å²) in [5.41, 5.74) is 3.10. The van der Waals surface area contributed by atoms with Crippen molar-refractivity contribution in [2.24, 2.45) is 0 Å². The van der Waals surface area contributed by atoms with E-state index in [1.165, 1.54) is 0 Å². The Morgan fingerprint density at radius 3 is 2.58 bits per heavy atom. The molecule has 0 spiro atoms. The lowest BCUT2D eigenvalue weighted by atomic mass is 10.2. The normalized spacial score (nSPS) is 10.5. The van der Waals surface area contributed by atoms with E-state index in [0.29, 0.717) is 11.0 Å². The first-order valence-corrected chi connectivity index (χ1v) is 8.24. The van der Waals surface area contributed by atoms with Gasteiger partial charge in [-0.3, -0.25) is 0 Å². The smallest absolute Gasteiger partial charge is 0.229 e. The first-order chi connectivity index (χ1) is 11.7. The van der Waals surface area contributed by atoms with Crippen molar-refractivity contribution in [2.45, 2.75) is 13.8 Å². The molecule has 24 heavy (non-hydrogen) atoms. The van der Waals surface area contributed by atoms with Crippen LogP contribution in [0.2, 0.25) is 5.02 Å². The number of rotatable bonds is 5. The molecule has 0 saturated heterocycles. The summed E-state index contributed by atoms with van der Waals surface area (Å²) >= 11 is 6.01. The highest BCUT2D eigenvalue weighted by atomic mass is 35.5. The van der Waals surface area contributed by atoms with Crippen LogP contribution in [0, 0.1) is 6.92 Å². The van der Waals surface area contributed by atoms with Gasteiger partial charge >= 0.3 is 0 Å². The molecule has 2 aromatic carbocycles. The zero-order valence-corrected chi connectivity index (χ0v) is 14.5. The molecular formula is C19H19ClN4. The molecule has 1 heterocycles. The van der Waals surface area contributed by atoms with Crippen LogP contribution in [0.3, 0.4) is 0 Å². The highest BCUT2D eigenvalue weighted by molar-refractivity contribution is 6.30. The van der Waals surface area contributed by atoms with Crippen molar-refractivity contribution < 1.29 is 0 Å². The van der Waals surface area contributed by atoms with Crippen LogP contribution >= 0.6 is 11.6 Å². The Labute approximate surface area is 147 Å². The van der Waals surface area contributed by atoms with E-state index in [9.17, 15) is 0 Å². The molecule has 4 nitrogen and oxygen atoms in total. The molecule has 0 unspecified atom stereocenters. The van der Waals surface area contributed by atoms with E-state index in [-0.39, 0.29) is 0 Å². The molecular weight excluding hydrogens is 320 g/mol. The zero-order chi connectivity index (χ0) is 16.9. The van der Waals surface area contributed by atoms with Crippen molar-refractivity contribution >= 4 is 34.7 Å². The lowest BCUT2D eigenvalue weighted by Crippen LogP contribution is -2.17. The van der Waals surface area contributed by atoms with Gasteiger partial charge < -0.3 is 10.2 Å². The standard InChI is InChI=1S/C19H19ClN4/c1-3-24(16-7-5-4-6-8-16)18-11-12-21-19(23-18)22-17-10-9-15(20)13-14(17)2/h4-13H,3H2,1-2H3,(H,21,22,23). The van der Waals surface area contributed by atoms with Gasteiger partial charge in [-0.2, -0.15) is 4.98 Å². The van der Waals surface area contributed by atoms with Gasteiger partial charge in [-0.1, -0.05) is 29.8 Å². The van der Waals surface area contributed by atoms with Crippen molar-refractivity contribution in [1.29, 1.82) is 0 Å². The number of anilines is 4. The summed E-state index contributed by atoms with van der Waals surface area (Å²) in [7, 11) is 0. The van der Waals surface area contributed by atoms with Gasteiger partial charge in [-0.25, -0.2) is 4.98 Å². The summed E-state index contributed by atoms with van der Waals surface area (Å²) < 4.78 is 0. The van der Waals surface area contributed by atoms with Gasteiger partial charge in [0.1, 0.15) is 5.82 Å². The van der Waals surface area contributed by atoms with Crippen molar-refractivity contribution in [3.8, 4) is 0 Å². The fourth-order valence-electron chi connectivity index (χ4n) is 2.53. The van der Waals surface area contributed by atoms with E-state index in [1.54, 1.807) is 6.20 Å². The third-order valence-electron chi connectivity index (χ3n) is 3.74. The summed E-state index contributed by atoms with van der Waals surface area (Å²) in [6.07, 6.45) is 1.77. The molecule has 0 amide bonds. The summed E-state index contributed by atoms with van der Waals surface area (Å²) in [6, 6.07) is 17.8. The second kappa shape index (κ2) is 7.32. The maximum Gasteiger partial charge on any atom is 0.229 e. The maximum atomic E-state index is 6.01. The summed E-state index contributed by atoms with van der Waals surface area (Å²) in [6.45, 7) is 4.92. The number of hydrogen-bond donors (Lipinski definition) is 1. The third-order valence-corrected chi connectivity index (χ3v) is 3.97. The molecule has 0 bridgehead atoms. The maximum absolute atomic E-state index is 6.01. The quantitative estimate of drug-likeness (QED) is 0.681. The fraction of sp³-hybridized carbons (Fsp3) is 0.158. The van der Waals surface area contributed by atoms with Crippen molar-refractivity contribution in [1.82, 2.24) is 9.97 Å². The molecule has 0 aliphatic carbocycles. The molecule has 0 aliphatic heterocycles. The minimum atomic E-state index is 0.562. The van der Waals surface area contributed by atoms with Gasteiger partial charge in [-0.15, -0.1) is 0 Å². The second-order valence-corrected chi connectivity index (χ2v) is 5.84. The van der Waals surface area contributed by atoms with Gasteiger partial charge in [0.25, 0.3) is 0 Å². The summed E-state index contributed by atoms with van der Waals surface area (Å²) in [4.78, 5) is 11.1. The Balaban J connectivity index is 1.88. The Morgan fingerprint density at radius 2 is 1.88 bits per heavy atom. The molecule has 0 atom stereocenters. The Hall–Kier alpha value is -2.59. The number of nitrogens with one attached hydrogen (secondary N) is 1. The van der Waals surface area contributed by atoms with Crippen molar-refractivity contribution in [3.63, 3.8) is 0 Å². The van der Waals surface area contributed by atoms with Gasteiger partial charge in [0.2, 0.25) is 5.95 Å². The van der Waals surface area contributed by atoms with E-state index < -0.39 is 0 Å². The number of aryl methyl sites for hydroxylation is 1. The van der Waals surface area contributed by atoms with Crippen LogP contribution in [-0.2, 0) is 0 Å². The summed E-state index contributed by atoms with van der Waals surface area (Å²) in [5, 5.41) is 3.98. The van der Waals surface area contributed by atoms with E-state index in [0.717, 1.165) is 29.3 Å².